The third kappa shape index (κ3) is 7.88. The van der Waals surface area contributed by atoms with Crippen molar-refractivity contribution >= 4 is 15.9 Å². The minimum atomic E-state index is -0.299. The zero-order chi connectivity index (χ0) is 33.3. The Kier molecular flexibility index (Phi) is 10.6. The van der Waals surface area contributed by atoms with Gasteiger partial charge in [0.1, 0.15) is 0 Å². The van der Waals surface area contributed by atoms with Crippen LogP contribution in [0.4, 0.5) is 0 Å². The van der Waals surface area contributed by atoms with Crippen LogP contribution in [-0.4, -0.2) is 20.7 Å². The Morgan fingerprint density at radius 1 is 0.574 bits per heavy atom. The van der Waals surface area contributed by atoms with Crippen molar-refractivity contribution in [2.45, 2.75) is 113 Å². The standard InChI is InChI=1S/C42H52O2S2.Ti/c1-41(2,3)33-23-31(39(43)35(25-33)29-17-11-9-12-18-29)27-45-37-21-15-7-8-16-22-38(37)46-28-32-24-34(42(4,5)6)26-36(40(32)44)30-19-13-10-14-20-30;/h9-14,17-20,23-26,37-38,43-44H,7-8,15-16,21-22,27-28H2,1-6H3;/t37-,38-;/m0./s1. The summed E-state index contributed by atoms with van der Waals surface area (Å²) in [6, 6.07) is 30.0. The van der Waals surface area contributed by atoms with Crippen molar-refractivity contribution in [1.82, 2.24) is 0 Å². The second kappa shape index (κ2) is 14.4. The van der Waals surface area contributed by atoms with Gasteiger partial charge in [-0.05, 0) is 0 Å². The molecule has 248 valence electrons. The molecule has 4 atom stereocenters. The van der Waals surface area contributed by atoms with Gasteiger partial charge in [-0.15, -0.1) is 0 Å². The van der Waals surface area contributed by atoms with Crippen molar-refractivity contribution in [1.29, 1.82) is 0 Å². The van der Waals surface area contributed by atoms with Gasteiger partial charge in [-0.1, -0.05) is 0 Å². The Hall–Kier alpha value is -2.11. The van der Waals surface area contributed by atoms with Gasteiger partial charge in [0, 0.05) is 0 Å². The van der Waals surface area contributed by atoms with Crippen LogP contribution >= 0.6 is 15.9 Å². The van der Waals surface area contributed by atoms with E-state index in [1.807, 2.05) is 12.1 Å². The third-order valence-corrected chi connectivity index (χ3v) is 25.9. The molecule has 0 bridgehead atoms. The Morgan fingerprint density at radius 3 is 1.32 bits per heavy atom. The fourth-order valence-corrected chi connectivity index (χ4v) is 27.9. The third-order valence-electron chi connectivity index (χ3n) is 9.99. The van der Waals surface area contributed by atoms with E-state index in [9.17, 15) is 10.2 Å². The number of benzene rings is 4. The molecule has 1 fully saturated rings. The molecule has 1 aliphatic heterocycles. The zero-order valence-corrected chi connectivity index (χ0v) is 32.3. The Bertz CT molecular complexity index is 1680. The fourth-order valence-electron chi connectivity index (χ4n) is 7.09. The number of hydrogen-bond acceptors (Lipinski definition) is 2. The molecule has 1 saturated carbocycles. The summed E-state index contributed by atoms with van der Waals surface area (Å²) in [5, 5.41) is 25.2. The molecular formula is C42H52O2S2Ti. The molecule has 4 aromatic rings. The summed E-state index contributed by atoms with van der Waals surface area (Å²) in [6.45, 7) is 13.7. The van der Waals surface area contributed by atoms with Gasteiger partial charge in [0.25, 0.3) is 0 Å². The molecule has 6 rings (SSSR count). The quantitative estimate of drug-likeness (QED) is 0.197. The first-order valence-electron chi connectivity index (χ1n) is 17.4. The van der Waals surface area contributed by atoms with E-state index < -0.39 is 0 Å². The number of hydrogen-bond donors (Lipinski definition) is 2. The predicted octanol–water partition coefficient (Wildman–Crippen LogP) is 12.3. The molecule has 0 radical (unpaired) electrons. The number of aromatic hydroxyl groups is 2. The van der Waals surface area contributed by atoms with Crippen molar-refractivity contribution in [3.05, 3.63) is 107 Å². The van der Waals surface area contributed by atoms with E-state index >= 15 is 0 Å². The topological polar surface area (TPSA) is 40.5 Å². The average molecular weight is 701 g/mol. The molecular weight excluding hydrogens is 648 g/mol. The van der Waals surface area contributed by atoms with Gasteiger partial charge in [-0.3, -0.25) is 0 Å². The summed E-state index contributed by atoms with van der Waals surface area (Å²) in [6.07, 6.45) is 8.03. The molecule has 2 aliphatic rings. The van der Waals surface area contributed by atoms with E-state index in [2.05, 4.69) is 114 Å². The summed E-state index contributed by atoms with van der Waals surface area (Å²) in [7, 11) is 0.596. The van der Waals surface area contributed by atoms with Crippen LogP contribution < -0.4 is 0 Å². The molecule has 0 amide bonds. The van der Waals surface area contributed by atoms with Crippen LogP contribution in [-0.2, 0) is 37.8 Å². The second-order valence-electron chi connectivity index (χ2n) is 15.6. The monoisotopic (exact) mass is 700 g/mol. The molecule has 1 aliphatic carbocycles. The maximum atomic E-state index is 11.9. The van der Waals surface area contributed by atoms with Gasteiger partial charge in [0.2, 0.25) is 0 Å². The molecule has 2 N–H and O–H groups in total. The molecule has 0 saturated heterocycles. The van der Waals surface area contributed by atoms with E-state index in [0.29, 0.717) is 27.4 Å². The Labute approximate surface area is 293 Å². The van der Waals surface area contributed by atoms with Crippen molar-refractivity contribution in [3.63, 3.8) is 0 Å². The minimum absolute atomic E-state index is 0.000167. The normalized spacial score (nSPS) is 21.7. The van der Waals surface area contributed by atoms with Gasteiger partial charge < -0.3 is 0 Å². The molecule has 5 heteroatoms. The van der Waals surface area contributed by atoms with E-state index in [-0.39, 0.29) is 26.3 Å². The molecule has 0 spiro atoms. The fraction of sp³-hybridized carbons (Fsp3) is 0.429. The van der Waals surface area contributed by atoms with Crippen LogP contribution in [0.15, 0.2) is 84.9 Å². The number of rotatable bonds is 6. The van der Waals surface area contributed by atoms with Crippen molar-refractivity contribution in [2.24, 2.45) is 0 Å². The summed E-state index contributed by atoms with van der Waals surface area (Å²) in [4.78, 5) is 0. The van der Waals surface area contributed by atoms with Crippen LogP contribution in [0.5, 0.6) is 11.5 Å². The van der Waals surface area contributed by atoms with Crippen LogP contribution in [0.25, 0.3) is 22.3 Å². The summed E-state index contributed by atoms with van der Waals surface area (Å²) >= 11 is -0.299. The Balaban J connectivity index is 1.46. The first-order chi connectivity index (χ1) is 22.4. The van der Waals surface area contributed by atoms with E-state index in [1.165, 1.54) is 49.7 Å². The second-order valence-corrected chi connectivity index (χ2v) is 27.0. The van der Waals surface area contributed by atoms with E-state index in [0.717, 1.165) is 55.4 Å². The molecule has 0 aromatic heterocycles. The first kappa shape index (κ1) is 34.7. The summed E-state index contributed by atoms with van der Waals surface area (Å²) in [5.74, 6) is 2.98. The van der Waals surface area contributed by atoms with Gasteiger partial charge in [0.05, 0.1) is 0 Å². The van der Waals surface area contributed by atoms with Gasteiger partial charge in [-0.2, -0.15) is 0 Å². The number of phenols is 2. The van der Waals surface area contributed by atoms with Crippen molar-refractivity contribution < 1.29 is 25.7 Å². The maximum absolute atomic E-state index is 11.9. The average Bonchev–Trinajstić information content (AvgIpc) is 3.32. The van der Waals surface area contributed by atoms with Gasteiger partial charge in [0.15, 0.2) is 0 Å². The summed E-state index contributed by atoms with van der Waals surface area (Å²) < 4.78 is 0. The molecule has 4 aromatic carbocycles. The number of fused-ring (bicyclic) bond motifs is 1. The molecule has 2 unspecified atom stereocenters. The van der Waals surface area contributed by atoms with Crippen molar-refractivity contribution in [3.8, 4) is 33.8 Å². The predicted molar refractivity (Wildman–Crippen MR) is 202 cm³/mol. The van der Waals surface area contributed by atoms with Gasteiger partial charge >= 0.3 is 295 Å². The van der Waals surface area contributed by atoms with Crippen LogP contribution in [0.3, 0.4) is 0 Å². The van der Waals surface area contributed by atoms with Crippen LogP contribution in [0, 0.1) is 0 Å². The Morgan fingerprint density at radius 2 is 0.957 bits per heavy atom. The zero-order valence-electron chi connectivity index (χ0n) is 29.1. The van der Waals surface area contributed by atoms with Crippen LogP contribution in [0.2, 0.25) is 0 Å². The van der Waals surface area contributed by atoms with E-state index in [1.54, 1.807) is 0 Å². The first-order valence-corrected chi connectivity index (χ1v) is 24.1. The number of phenolic OH excluding ortho intramolecular Hbond substituents is 2. The molecule has 47 heavy (non-hydrogen) atoms. The van der Waals surface area contributed by atoms with Gasteiger partial charge in [-0.25, -0.2) is 0 Å². The summed E-state index contributed by atoms with van der Waals surface area (Å²) in [5.41, 5.74) is 9.04. The van der Waals surface area contributed by atoms with E-state index in [4.69, 9.17) is 0 Å². The van der Waals surface area contributed by atoms with Crippen molar-refractivity contribution in [2.75, 3.05) is 0 Å². The van der Waals surface area contributed by atoms with Crippen LogP contribution in [0.1, 0.15) is 102 Å². The molecule has 1 heterocycles. The molecule has 2 nitrogen and oxygen atoms in total. The SMILES string of the molecule is CC(C)(C)c1cc(C[S]2=[Ti]=[S](Cc3cc(C(C)(C)C)cc(-c4ccccc4)c3O)[C@H]3CCCCCC[C@@H]32)c(O)c(-c2ccccc2)c1.